The molecule has 2 aliphatic heterocycles. The van der Waals surface area contributed by atoms with E-state index in [1.807, 2.05) is 24.3 Å². The molecule has 0 aromatic heterocycles. The van der Waals surface area contributed by atoms with Crippen molar-refractivity contribution in [2.24, 2.45) is 5.92 Å². The Balaban J connectivity index is 1.47. The molecule has 1 saturated heterocycles. The minimum Gasteiger partial charge on any atom is -0.497 e. The Morgan fingerprint density at radius 2 is 1.70 bits per heavy atom. The molecule has 6 nitrogen and oxygen atoms in total. The van der Waals surface area contributed by atoms with Crippen LogP contribution in [0.2, 0.25) is 0 Å². The van der Waals surface area contributed by atoms with Gasteiger partial charge in [-0.1, -0.05) is 6.07 Å². The lowest BCUT2D eigenvalue weighted by Crippen LogP contribution is -2.60. The summed E-state index contributed by atoms with van der Waals surface area (Å²) in [5, 5.41) is 2.96. The first-order chi connectivity index (χ1) is 17.8. The summed E-state index contributed by atoms with van der Waals surface area (Å²) in [5.74, 6) is 0.572. The van der Waals surface area contributed by atoms with Crippen molar-refractivity contribution in [2.75, 3.05) is 49.0 Å². The number of alkyl halides is 3. The second kappa shape index (κ2) is 9.88. The molecule has 0 saturated carbocycles. The van der Waals surface area contributed by atoms with E-state index in [0.29, 0.717) is 36.6 Å². The minimum absolute atomic E-state index is 0.215. The van der Waals surface area contributed by atoms with Crippen molar-refractivity contribution in [3.05, 3.63) is 77.9 Å². The first kappa shape index (κ1) is 24.8. The van der Waals surface area contributed by atoms with E-state index in [2.05, 4.69) is 15.1 Å². The summed E-state index contributed by atoms with van der Waals surface area (Å²) in [4.78, 5) is 17.9. The molecule has 1 fully saturated rings. The molecular weight excluding hydrogens is 483 g/mol. The molecule has 2 unspecified atom stereocenters. The standard InChI is InChI=1S/C28H28F3N3O3/c1-36-22-9-7-21(8-10-22)33-12-13-34-25-11-6-19(28(29,30)31)14-18(25)15-24(26(34)17-33)27(35)32-20-4-3-5-23(16-20)37-2/h3-11,14,16,24,26H,12-13,15,17H2,1-2H3,(H,32,35). The molecule has 0 radical (unpaired) electrons. The number of nitrogens with one attached hydrogen (secondary N) is 1. The van der Waals surface area contributed by atoms with Gasteiger partial charge >= 0.3 is 6.18 Å². The molecular formula is C28H28F3N3O3. The van der Waals surface area contributed by atoms with E-state index in [1.165, 1.54) is 6.07 Å². The van der Waals surface area contributed by atoms with Crippen LogP contribution in [0.25, 0.3) is 0 Å². The third kappa shape index (κ3) is 5.03. The van der Waals surface area contributed by atoms with Gasteiger partial charge in [0.15, 0.2) is 0 Å². The molecule has 3 aromatic rings. The summed E-state index contributed by atoms with van der Waals surface area (Å²) in [5.41, 5.74) is 2.18. The van der Waals surface area contributed by atoms with Gasteiger partial charge < -0.3 is 24.6 Å². The quantitative estimate of drug-likeness (QED) is 0.509. The van der Waals surface area contributed by atoms with Crippen LogP contribution >= 0.6 is 0 Å². The number of amides is 1. The third-order valence-corrected chi connectivity index (χ3v) is 7.15. The van der Waals surface area contributed by atoms with Gasteiger partial charge in [0.25, 0.3) is 0 Å². The number of anilines is 3. The Morgan fingerprint density at radius 3 is 2.41 bits per heavy atom. The van der Waals surface area contributed by atoms with Crippen LogP contribution in [0.5, 0.6) is 11.5 Å². The molecule has 0 spiro atoms. The highest BCUT2D eigenvalue weighted by molar-refractivity contribution is 5.94. The van der Waals surface area contributed by atoms with Gasteiger partial charge in [0, 0.05) is 42.8 Å². The highest BCUT2D eigenvalue weighted by Gasteiger charge is 2.43. The van der Waals surface area contributed by atoms with Crippen LogP contribution < -0.4 is 24.6 Å². The zero-order valence-electron chi connectivity index (χ0n) is 20.6. The molecule has 37 heavy (non-hydrogen) atoms. The largest absolute Gasteiger partial charge is 0.497 e. The number of rotatable bonds is 5. The summed E-state index contributed by atoms with van der Waals surface area (Å²) >= 11 is 0. The first-order valence-electron chi connectivity index (χ1n) is 12.1. The summed E-state index contributed by atoms with van der Waals surface area (Å²) in [6, 6.07) is 18.4. The van der Waals surface area contributed by atoms with E-state index in [1.54, 1.807) is 44.6 Å². The fourth-order valence-corrected chi connectivity index (χ4v) is 5.26. The number of nitrogens with zero attached hydrogens (tertiary/aromatic N) is 2. The predicted octanol–water partition coefficient (Wildman–Crippen LogP) is 5.23. The molecule has 3 aromatic carbocycles. The summed E-state index contributed by atoms with van der Waals surface area (Å²) in [6.07, 6.45) is -4.23. The van der Waals surface area contributed by atoms with Crippen LogP contribution in [0, 0.1) is 5.92 Å². The number of piperazine rings is 1. The number of ether oxygens (including phenoxy) is 2. The Bertz CT molecular complexity index is 1280. The van der Waals surface area contributed by atoms with E-state index in [4.69, 9.17) is 9.47 Å². The van der Waals surface area contributed by atoms with E-state index >= 15 is 0 Å². The summed E-state index contributed by atoms with van der Waals surface area (Å²) in [6.45, 7) is 1.81. The smallest absolute Gasteiger partial charge is 0.416 e. The maximum atomic E-state index is 13.6. The lowest BCUT2D eigenvalue weighted by Gasteiger charge is -2.49. The second-order valence-electron chi connectivity index (χ2n) is 9.28. The number of benzene rings is 3. The van der Waals surface area contributed by atoms with E-state index < -0.39 is 17.7 Å². The maximum Gasteiger partial charge on any atom is 0.416 e. The molecule has 2 aliphatic rings. The molecule has 194 valence electrons. The van der Waals surface area contributed by atoms with Gasteiger partial charge in [0.05, 0.1) is 31.7 Å². The van der Waals surface area contributed by atoms with Crippen molar-refractivity contribution in [3.63, 3.8) is 0 Å². The van der Waals surface area contributed by atoms with Gasteiger partial charge in [-0.3, -0.25) is 4.79 Å². The van der Waals surface area contributed by atoms with Crippen molar-refractivity contribution in [2.45, 2.75) is 18.6 Å². The lowest BCUT2D eigenvalue weighted by atomic mass is 9.82. The number of hydrogen-bond acceptors (Lipinski definition) is 5. The Kier molecular flexibility index (Phi) is 6.62. The van der Waals surface area contributed by atoms with E-state index in [0.717, 1.165) is 23.2 Å². The normalized spacial score (nSPS) is 19.1. The van der Waals surface area contributed by atoms with Gasteiger partial charge in [-0.05, 0) is 66.6 Å². The second-order valence-corrected chi connectivity index (χ2v) is 9.28. The van der Waals surface area contributed by atoms with Crippen molar-refractivity contribution < 1.29 is 27.4 Å². The Labute approximate surface area is 213 Å². The average Bonchev–Trinajstić information content (AvgIpc) is 2.91. The van der Waals surface area contributed by atoms with Gasteiger partial charge in [-0.2, -0.15) is 13.2 Å². The maximum absolute atomic E-state index is 13.6. The molecule has 5 rings (SSSR count). The number of fused-ring (bicyclic) bond motifs is 3. The van der Waals surface area contributed by atoms with Gasteiger partial charge in [-0.15, -0.1) is 0 Å². The van der Waals surface area contributed by atoms with Crippen molar-refractivity contribution in [3.8, 4) is 11.5 Å². The van der Waals surface area contributed by atoms with Gasteiger partial charge in [0.2, 0.25) is 5.91 Å². The molecule has 9 heteroatoms. The van der Waals surface area contributed by atoms with Crippen LogP contribution in [-0.2, 0) is 17.4 Å². The Morgan fingerprint density at radius 1 is 0.946 bits per heavy atom. The average molecular weight is 512 g/mol. The van der Waals surface area contributed by atoms with Crippen LogP contribution in [0.3, 0.4) is 0 Å². The number of hydrogen-bond donors (Lipinski definition) is 1. The summed E-state index contributed by atoms with van der Waals surface area (Å²) in [7, 11) is 3.16. The number of halogens is 3. The molecule has 0 aliphatic carbocycles. The monoisotopic (exact) mass is 511 g/mol. The minimum atomic E-state index is -4.45. The zero-order valence-corrected chi connectivity index (χ0v) is 20.6. The fourth-order valence-electron chi connectivity index (χ4n) is 5.26. The lowest BCUT2D eigenvalue weighted by molar-refractivity contribution is -0.137. The summed E-state index contributed by atoms with van der Waals surface area (Å²) < 4.78 is 51.0. The van der Waals surface area contributed by atoms with Crippen molar-refractivity contribution in [1.82, 2.24) is 0 Å². The highest BCUT2D eigenvalue weighted by atomic mass is 19.4. The number of carbonyl (C=O) groups is 1. The number of carbonyl (C=O) groups excluding carboxylic acids is 1. The van der Waals surface area contributed by atoms with Crippen molar-refractivity contribution >= 4 is 23.0 Å². The predicted molar refractivity (Wildman–Crippen MR) is 137 cm³/mol. The van der Waals surface area contributed by atoms with Crippen LogP contribution in [0.4, 0.5) is 30.2 Å². The highest BCUT2D eigenvalue weighted by Crippen LogP contribution is 2.40. The van der Waals surface area contributed by atoms with Crippen LogP contribution in [0.15, 0.2) is 66.7 Å². The zero-order chi connectivity index (χ0) is 26.2. The SMILES string of the molecule is COc1ccc(N2CCN3c4ccc(C(F)(F)F)cc4CC(C(=O)Nc4cccc(OC)c4)C3C2)cc1. The van der Waals surface area contributed by atoms with E-state index in [9.17, 15) is 18.0 Å². The Hall–Kier alpha value is -3.88. The molecule has 0 bridgehead atoms. The molecule has 1 amide bonds. The van der Waals surface area contributed by atoms with Crippen LogP contribution in [0.1, 0.15) is 11.1 Å². The van der Waals surface area contributed by atoms with E-state index in [-0.39, 0.29) is 18.4 Å². The van der Waals surface area contributed by atoms with Crippen molar-refractivity contribution in [1.29, 1.82) is 0 Å². The van der Waals surface area contributed by atoms with Crippen LogP contribution in [-0.4, -0.2) is 45.8 Å². The fraction of sp³-hybridized carbons (Fsp3) is 0.321. The van der Waals surface area contributed by atoms with Gasteiger partial charge in [-0.25, -0.2) is 0 Å². The molecule has 2 heterocycles. The molecule has 1 N–H and O–H groups in total. The topological polar surface area (TPSA) is 54.0 Å². The number of methoxy groups -OCH3 is 2. The molecule has 2 atom stereocenters. The first-order valence-corrected chi connectivity index (χ1v) is 12.1. The third-order valence-electron chi connectivity index (χ3n) is 7.15. The van der Waals surface area contributed by atoms with Gasteiger partial charge in [0.1, 0.15) is 11.5 Å².